The van der Waals surface area contributed by atoms with Gasteiger partial charge in [0.25, 0.3) is 0 Å². The van der Waals surface area contributed by atoms with Crippen molar-refractivity contribution in [2.75, 3.05) is 40.0 Å². The third-order valence-corrected chi connectivity index (χ3v) is 1.84. The van der Waals surface area contributed by atoms with Crippen molar-refractivity contribution >= 4 is 5.84 Å². The van der Waals surface area contributed by atoms with E-state index in [2.05, 4.69) is 5.16 Å². The van der Waals surface area contributed by atoms with Crippen molar-refractivity contribution in [1.82, 2.24) is 4.90 Å². The van der Waals surface area contributed by atoms with Gasteiger partial charge in [-0.1, -0.05) is 5.16 Å². The second kappa shape index (κ2) is 8.74. The molecule has 0 unspecified atom stereocenters. The average molecular weight is 205 g/mol. The van der Waals surface area contributed by atoms with E-state index in [4.69, 9.17) is 20.8 Å². The average Bonchev–Trinajstić information content (AvgIpc) is 2.21. The summed E-state index contributed by atoms with van der Waals surface area (Å²) in [6, 6.07) is 0. The zero-order valence-electron chi connectivity index (χ0n) is 8.52. The predicted molar refractivity (Wildman–Crippen MR) is 53.4 cm³/mol. The number of hydrogen-bond donors (Lipinski definition) is 3. The zero-order valence-corrected chi connectivity index (χ0v) is 8.52. The molecule has 0 radical (unpaired) electrons. The van der Waals surface area contributed by atoms with Crippen LogP contribution >= 0.6 is 0 Å². The molecule has 0 spiro atoms. The number of amidine groups is 1. The summed E-state index contributed by atoms with van der Waals surface area (Å²) in [5.41, 5.74) is 5.33. The lowest BCUT2D eigenvalue weighted by molar-refractivity contribution is 0.132. The van der Waals surface area contributed by atoms with Crippen LogP contribution in [0.25, 0.3) is 0 Å². The molecule has 0 aliphatic heterocycles. The van der Waals surface area contributed by atoms with Gasteiger partial charge < -0.3 is 20.8 Å². The third kappa shape index (κ3) is 6.64. The van der Waals surface area contributed by atoms with Gasteiger partial charge in [-0.25, -0.2) is 0 Å². The highest BCUT2D eigenvalue weighted by molar-refractivity contribution is 5.79. The van der Waals surface area contributed by atoms with Gasteiger partial charge in [0.1, 0.15) is 5.84 Å². The zero-order chi connectivity index (χ0) is 10.8. The first-order valence-electron chi connectivity index (χ1n) is 4.53. The number of ether oxygens (including phenoxy) is 1. The van der Waals surface area contributed by atoms with Crippen molar-refractivity contribution in [2.24, 2.45) is 10.9 Å². The van der Waals surface area contributed by atoms with Gasteiger partial charge in [-0.15, -0.1) is 0 Å². The predicted octanol–water partition coefficient (Wildman–Crippen LogP) is -0.936. The van der Waals surface area contributed by atoms with Gasteiger partial charge in [0.15, 0.2) is 0 Å². The maximum atomic E-state index is 8.77. The Morgan fingerprint density at radius 3 is 2.64 bits per heavy atom. The smallest absolute Gasteiger partial charge is 0.140 e. The van der Waals surface area contributed by atoms with Crippen LogP contribution in [0.1, 0.15) is 6.42 Å². The molecule has 0 saturated carbocycles. The van der Waals surface area contributed by atoms with Crippen LogP contribution in [0.5, 0.6) is 0 Å². The molecular weight excluding hydrogens is 186 g/mol. The molecular formula is C8H19N3O3. The first-order chi connectivity index (χ1) is 6.74. The lowest BCUT2D eigenvalue weighted by Gasteiger charge is -2.20. The van der Waals surface area contributed by atoms with Gasteiger partial charge in [0.05, 0.1) is 13.2 Å². The standard InChI is InChI=1S/C8H19N3O3/c1-14-7-5-11(4-6-12)3-2-8(9)10-13/h12-13H,2-7H2,1H3,(H2,9,10). The Labute approximate surface area is 83.9 Å². The molecule has 0 rings (SSSR count). The van der Waals surface area contributed by atoms with Crippen molar-refractivity contribution in [3.63, 3.8) is 0 Å². The molecule has 0 heterocycles. The van der Waals surface area contributed by atoms with Gasteiger partial charge in [-0.05, 0) is 0 Å². The Morgan fingerprint density at radius 1 is 1.43 bits per heavy atom. The Kier molecular flexibility index (Phi) is 8.20. The van der Waals surface area contributed by atoms with Crippen molar-refractivity contribution in [1.29, 1.82) is 0 Å². The molecule has 0 aromatic heterocycles. The molecule has 4 N–H and O–H groups in total. The quantitative estimate of drug-likeness (QED) is 0.206. The van der Waals surface area contributed by atoms with Gasteiger partial charge in [0, 0.05) is 33.2 Å². The van der Waals surface area contributed by atoms with E-state index in [9.17, 15) is 0 Å². The summed E-state index contributed by atoms with van der Waals surface area (Å²) in [4.78, 5) is 1.99. The van der Waals surface area contributed by atoms with E-state index < -0.39 is 0 Å². The highest BCUT2D eigenvalue weighted by atomic mass is 16.5. The topological polar surface area (TPSA) is 91.3 Å². The first kappa shape index (κ1) is 13.2. The number of rotatable bonds is 8. The minimum atomic E-state index is 0.0971. The molecule has 6 nitrogen and oxygen atoms in total. The first-order valence-corrected chi connectivity index (χ1v) is 4.53. The summed E-state index contributed by atoms with van der Waals surface area (Å²) in [7, 11) is 1.63. The summed E-state index contributed by atoms with van der Waals surface area (Å²) in [6.45, 7) is 2.66. The van der Waals surface area contributed by atoms with Crippen LogP contribution in [0, 0.1) is 0 Å². The van der Waals surface area contributed by atoms with Crippen molar-refractivity contribution in [3.05, 3.63) is 0 Å². The number of aliphatic hydroxyl groups is 1. The normalized spacial score (nSPS) is 12.4. The monoisotopic (exact) mass is 205 g/mol. The molecule has 0 fully saturated rings. The minimum absolute atomic E-state index is 0.0971. The second-order valence-electron chi connectivity index (χ2n) is 2.90. The Balaban J connectivity index is 3.71. The maximum absolute atomic E-state index is 8.77. The molecule has 6 heteroatoms. The highest BCUT2D eigenvalue weighted by Crippen LogP contribution is 1.91. The van der Waals surface area contributed by atoms with E-state index in [1.54, 1.807) is 7.11 Å². The van der Waals surface area contributed by atoms with Crippen LogP contribution in [0.15, 0.2) is 5.16 Å². The summed E-state index contributed by atoms with van der Waals surface area (Å²) >= 11 is 0. The number of nitrogens with zero attached hydrogens (tertiary/aromatic N) is 2. The lowest BCUT2D eigenvalue weighted by Crippen LogP contribution is -2.33. The van der Waals surface area contributed by atoms with Crippen molar-refractivity contribution in [2.45, 2.75) is 6.42 Å². The summed E-state index contributed by atoms with van der Waals surface area (Å²) in [5, 5.41) is 20.0. The maximum Gasteiger partial charge on any atom is 0.140 e. The lowest BCUT2D eigenvalue weighted by atomic mass is 10.3. The molecule has 0 bridgehead atoms. The van der Waals surface area contributed by atoms with Gasteiger partial charge in [-0.3, -0.25) is 4.90 Å². The molecule has 14 heavy (non-hydrogen) atoms. The number of hydrogen-bond acceptors (Lipinski definition) is 5. The third-order valence-electron chi connectivity index (χ3n) is 1.84. The molecule has 84 valence electrons. The highest BCUT2D eigenvalue weighted by Gasteiger charge is 2.04. The van der Waals surface area contributed by atoms with Gasteiger partial charge in [-0.2, -0.15) is 0 Å². The molecule has 0 atom stereocenters. The fourth-order valence-corrected chi connectivity index (χ4v) is 1.02. The van der Waals surface area contributed by atoms with E-state index in [1.165, 1.54) is 0 Å². The van der Waals surface area contributed by atoms with Gasteiger partial charge in [0.2, 0.25) is 0 Å². The van der Waals surface area contributed by atoms with Crippen molar-refractivity contribution < 1.29 is 15.1 Å². The molecule has 0 amide bonds. The van der Waals surface area contributed by atoms with Crippen LogP contribution in [0.3, 0.4) is 0 Å². The molecule has 0 saturated heterocycles. The fraction of sp³-hybridized carbons (Fsp3) is 0.875. The van der Waals surface area contributed by atoms with Gasteiger partial charge >= 0.3 is 0 Å². The largest absolute Gasteiger partial charge is 0.409 e. The summed E-state index contributed by atoms with van der Waals surface area (Å²) in [5.74, 6) is 0.199. The Bertz CT molecular complexity index is 164. The van der Waals surface area contributed by atoms with Crippen LogP contribution in [0.4, 0.5) is 0 Å². The molecule has 0 aliphatic carbocycles. The molecule has 0 aromatic carbocycles. The summed E-state index contributed by atoms with van der Waals surface area (Å²) in [6.07, 6.45) is 0.486. The molecule has 0 aliphatic rings. The SMILES string of the molecule is COCCN(CCO)CCC(N)=NO. The number of nitrogens with two attached hydrogens (primary N) is 1. The van der Waals surface area contributed by atoms with E-state index in [1.807, 2.05) is 4.90 Å². The Morgan fingerprint density at radius 2 is 2.14 bits per heavy atom. The Hall–Kier alpha value is -0.850. The van der Waals surface area contributed by atoms with E-state index in [0.29, 0.717) is 26.1 Å². The summed E-state index contributed by atoms with van der Waals surface area (Å²) < 4.78 is 4.92. The fourth-order valence-electron chi connectivity index (χ4n) is 1.02. The second-order valence-corrected chi connectivity index (χ2v) is 2.90. The number of aliphatic hydroxyl groups excluding tert-OH is 1. The number of oxime groups is 1. The van der Waals surface area contributed by atoms with E-state index in [-0.39, 0.29) is 12.4 Å². The van der Waals surface area contributed by atoms with E-state index in [0.717, 1.165) is 6.54 Å². The van der Waals surface area contributed by atoms with Crippen LogP contribution in [-0.2, 0) is 4.74 Å². The number of methoxy groups -OCH3 is 1. The minimum Gasteiger partial charge on any atom is -0.409 e. The molecule has 0 aromatic rings. The van der Waals surface area contributed by atoms with Crippen LogP contribution in [0.2, 0.25) is 0 Å². The van der Waals surface area contributed by atoms with Crippen LogP contribution < -0.4 is 5.73 Å². The van der Waals surface area contributed by atoms with E-state index >= 15 is 0 Å². The van der Waals surface area contributed by atoms with Crippen molar-refractivity contribution in [3.8, 4) is 0 Å². The van der Waals surface area contributed by atoms with Crippen LogP contribution in [-0.4, -0.2) is 61.0 Å².